The van der Waals surface area contributed by atoms with Gasteiger partial charge in [-0.05, 0) is 48.0 Å². The van der Waals surface area contributed by atoms with E-state index in [4.69, 9.17) is 0 Å². The molecule has 2 atom stereocenters. The third kappa shape index (κ3) is 2.75. The number of rotatable bonds is 2. The Balaban J connectivity index is 2.41. The SMILES string of the molecule is CNC1CCCCCC1c1c(F)ccc(Br)c1F. The van der Waals surface area contributed by atoms with Gasteiger partial charge >= 0.3 is 0 Å². The zero-order valence-electron chi connectivity index (χ0n) is 10.5. The van der Waals surface area contributed by atoms with Crippen molar-refractivity contribution < 1.29 is 8.78 Å². The smallest absolute Gasteiger partial charge is 0.143 e. The van der Waals surface area contributed by atoms with Crippen molar-refractivity contribution in [3.63, 3.8) is 0 Å². The molecule has 1 N–H and O–H groups in total. The molecular formula is C14H18BrF2N. The number of nitrogens with one attached hydrogen (secondary N) is 1. The van der Waals surface area contributed by atoms with Crippen molar-refractivity contribution in [2.75, 3.05) is 7.05 Å². The lowest BCUT2D eigenvalue weighted by Crippen LogP contribution is -2.32. The lowest BCUT2D eigenvalue weighted by atomic mass is 9.87. The van der Waals surface area contributed by atoms with Crippen molar-refractivity contribution in [1.29, 1.82) is 0 Å². The van der Waals surface area contributed by atoms with Crippen molar-refractivity contribution in [2.45, 2.75) is 44.1 Å². The fourth-order valence-electron chi connectivity index (χ4n) is 2.88. The summed E-state index contributed by atoms with van der Waals surface area (Å²) in [5.74, 6) is -0.944. The van der Waals surface area contributed by atoms with Crippen LogP contribution in [0.5, 0.6) is 0 Å². The Morgan fingerprint density at radius 2 is 1.89 bits per heavy atom. The predicted octanol–water partition coefficient (Wildman–Crippen LogP) is 4.36. The van der Waals surface area contributed by atoms with Gasteiger partial charge in [-0.25, -0.2) is 8.78 Å². The van der Waals surface area contributed by atoms with Gasteiger partial charge in [0, 0.05) is 17.5 Å². The minimum absolute atomic E-state index is 0.0741. The summed E-state index contributed by atoms with van der Waals surface area (Å²) in [7, 11) is 1.87. The first-order valence-corrected chi connectivity index (χ1v) is 7.25. The molecule has 1 saturated carbocycles. The number of likely N-dealkylation sites (N-methyl/N-ethyl adjacent to an activating group) is 1. The molecule has 1 nitrogen and oxygen atoms in total. The summed E-state index contributed by atoms with van der Waals surface area (Å²) < 4.78 is 28.5. The van der Waals surface area contributed by atoms with Gasteiger partial charge in [0.25, 0.3) is 0 Å². The van der Waals surface area contributed by atoms with Gasteiger partial charge in [0.05, 0.1) is 4.47 Å². The second-order valence-electron chi connectivity index (χ2n) is 4.90. The zero-order chi connectivity index (χ0) is 13.1. The molecule has 1 aromatic carbocycles. The standard InChI is InChI=1S/C14H18BrF2N/c1-18-12-6-4-2-3-5-9(12)13-11(16)8-7-10(15)14(13)17/h7-9,12,18H,2-6H2,1H3. The van der Waals surface area contributed by atoms with Crippen molar-refractivity contribution in [3.05, 3.63) is 33.8 Å². The first-order valence-electron chi connectivity index (χ1n) is 6.45. The maximum absolute atomic E-state index is 14.2. The van der Waals surface area contributed by atoms with Crippen LogP contribution in [0.3, 0.4) is 0 Å². The van der Waals surface area contributed by atoms with Crippen molar-refractivity contribution in [1.82, 2.24) is 5.32 Å². The van der Waals surface area contributed by atoms with Crippen LogP contribution in [0.4, 0.5) is 8.78 Å². The number of hydrogen-bond acceptors (Lipinski definition) is 1. The maximum atomic E-state index is 14.2. The molecule has 0 aromatic heterocycles. The van der Waals surface area contributed by atoms with Crippen LogP contribution >= 0.6 is 15.9 Å². The first-order chi connectivity index (χ1) is 8.65. The number of halogens is 3. The third-order valence-electron chi connectivity index (χ3n) is 3.84. The van der Waals surface area contributed by atoms with Gasteiger partial charge in [-0.15, -0.1) is 0 Å². The Morgan fingerprint density at radius 1 is 1.17 bits per heavy atom. The third-order valence-corrected chi connectivity index (χ3v) is 4.45. The average molecular weight is 318 g/mol. The van der Waals surface area contributed by atoms with Crippen molar-refractivity contribution in [2.24, 2.45) is 0 Å². The maximum Gasteiger partial charge on any atom is 0.143 e. The van der Waals surface area contributed by atoms with Crippen molar-refractivity contribution in [3.8, 4) is 0 Å². The van der Waals surface area contributed by atoms with Crippen LogP contribution in [0, 0.1) is 11.6 Å². The van der Waals surface area contributed by atoms with Gasteiger partial charge in [0.15, 0.2) is 0 Å². The van der Waals surface area contributed by atoms with Gasteiger partial charge < -0.3 is 5.32 Å². The lowest BCUT2D eigenvalue weighted by Gasteiger charge is -2.26. The summed E-state index contributed by atoms with van der Waals surface area (Å²) in [5.41, 5.74) is 0.241. The van der Waals surface area contributed by atoms with E-state index < -0.39 is 11.6 Å². The summed E-state index contributed by atoms with van der Waals surface area (Å²) in [5, 5.41) is 3.22. The van der Waals surface area contributed by atoms with Crippen LogP contribution in [-0.2, 0) is 0 Å². The lowest BCUT2D eigenvalue weighted by molar-refractivity contribution is 0.408. The van der Waals surface area contributed by atoms with Crippen LogP contribution in [0.25, 0.3) is 0 Å². The van der Waals surface area contributed by atoms with E-state index in [9.17, 15) is 8.78 Å². The Hall–Kier alpha value is -0.480. The molecule has 1 aliphatic rings. The van der Waals surface area contributed by atoms with E-state index in [0.29, 0.717) is 4.47 Å². The highest BCUT2D eigenvalue weighted by molar-refractivity contribution is 9.10. The molecule has 0 saturated heterocycles. The molecule has 1 fully saturated rings. The summed E-state index contributed by atoms with van der Waals surface area (Å²) in [6.45, 7) is 0. The molecular weight excluding hydrogens is 300 g/mol. The molecule has 1 aromatic rings. The van der Waals surface area contributed by atoms with Crippen LogP contribution in [0.1, 0.15) is 43.6 Å². The molecule has 18 heavy (non-hydrogen) atoms. The van der Waals surface area contributed by atoms with Crippen LogP contribution in [0.15, 0.2) is 16.6 Å². The van der Waals surface area contributed by atoms with E-state index in [0.717, 1.165) is 32.1 Å². The summed E-state index contributed by atoms with van der Waals surface area (Å²) >= 11 is 3.15. The molecule has 0 amide bonds. The quantitative estimate of drug-likeness (QED) is 0.631. The largest absolute Gasteiger partial charge is 0.316 e. The van der Waals surface area contributed by atoms with Crippen LogP contribution in [0.2, 0.25) is 0 Å². The highest BCUT2D eigenvalue weighted by Crippen LogP contribution is 2.36. The number of hydrogen-bond donors (Lipinski definition) is 1. The minimum atomic E-state index is -0.442. The van der Waals surface area contributed by atoms with E-state index in [1.165, 1.54) is 12.1 Å². The van der Waals surface area contributed by atoms with Gasteiger partial charge in [-0.2, -0.15) is 0 Å². The molecule has 4 heteroatoms. The topological polar surface area (TPSA) is 12.0 Å². The molecule has 2 unspecified atom stereocenters. The van der Waals surface area contributed by atoms with Gasteiger partial charge in [0.2, 0.25) is 0 Å². The Morgan fingerprint density at radius 3 is 2.61 bits per heavy atom. The van der Waals surface area contributed by atoms with E-state index in [1.807, 2.05) is 7.05 Å². The van der Waals surface area contributed by atoms with Crippen LogP contribution < -0.4 is 5.32 Å². The minimum Gasteiger partial charge on any atom is -0.316 e. The highest BCUT2D eigenvalue weighted by Gasteiger charge is 2.29. The molecule has 2 rings (SSSR count). The first kappa shape index (κ1) is 13.9. The van der Waals surface area contributed by atoms with Crippen molar-refractivity contribution >= 4 is 15.9 Å². The molecule has 0 heterocycles. The van der Waals surface area contributed by atoms with E-state index >= 15 is 0 Å². The Bertz CT molecular complexity index is 423. The monoisotopic (exact) mass is 317 g/mol. The summed E-state index contributed by atoms with van der Waals surface area (Å²) in [6, 6.07) is 2.94. The molecule has 0 aliphatic heterocycles. The second kappa shape index (κ2) is 6.11. The molecule has 0 spiro atoms. The summed E-state index contributed by atoms with van der Waals surface area (Å²) in [6.07, 6.45) is 5.13. The van der Waals surface area contributed by atoms with Crippen LogP contribution in [-0.4, -0.2) is 13.1 Å². The fourth-order valence-corrected chi connectivity index (χ4v) is 3.23. The Labute approximate surface area is 115 Å². The zero-order valence-corrected chi connectivity index (χ0v) is 12.1. The van der Waals surface area contributed by atoms with Gasteiger partial charge in [-0.1, -0.05) is 19.3 Å². The fraction of sp³-hybridized carbons (Fsp3) is 0.571. The Kier molecular flexibility index (Phi) is 4.73. The van der Waals surface area contributed by atoms with Gasteiger partial charge in [0.1, 0.15) is 11.6 Å². The van der Waals surface area contributed by atoms with E-state index in [1.54, 1.807) is 0 Å². The highest BCUT2D eigenvalue weighted by atomic mass is 79.9. The van der Waals surface area contributed by atoms with Gasteiger partial charge in [-0.3, -0.25) is 0 Å². The van der Waals surface area contributed by atoms with E-state index in [-0.39, 0.29) is 17.5 Å². The number of benzene rings is 1. The molecule has 1 aliphatic carbocycles. The second-order valence-corrected chi connectivity index (χ2v) is 5.75. The molecule has 0 bridgehead atoms. The predicted molar refractivity (Wildman–Crippen MR) is 72.7 cm³/mol. The molecule has 100 valence electrons. The normalized spacial score (nSPS) is 24.9. The summed E-state index contributed by atoms with van der Waals surface area (Å²) in [4.78, 5) is 0. The molecule has 0 radical (unpaired) electrons. The average Bonchev–Trinajstić information content (AvgIpc) is 2.60. The van der Waals surface area contributed by atoms with E-state index in [2.05, 4.69) is 21.2 Å².